The molecular formula is C17H15Cl2NO4. The minimum Gasteiger partial charge on any atom is -0.480 e. The molecule has 2 aromatic rings. The number of rotatable bonds is 6. The van der Waals surface area contributed by atoms with E-state index < -0.39 is 18.0 Å². The molecule has 5 nitrogen and oxygen atoms in total. The van der Waals surface area contributed by atoms with Crippen LogP contribution < -0.4 is 10.1 Å². The predicted molar refractivity (Wildman–Crippen MR) is 92.6 cm³/mol. The lowest BCUT2D eigenvalue weighted by atomic mass is 10.3. The van der Waals surface area contributed by atoms with Gasteiger partial charge in [-0.25, -0.2) is 4.79 Å². The number of para-hydroxylation sites is 1. The van der Waals surface area contributed by atoms with E-state index in [-0.39, 0.29) is 6.61 Å². The van der Waals surface area contributed by atoms with Gasteiger partial charge in [0, 0.05) is 10.7 Å². The molecule has 1 N–H and O–H groups in total. The molecule has 1 atom stereocenters. The number of amides is 1. The Hall–Kier alpha value is -2.24. The molecule has 7 heteroatoms. The number of halogens is 2. The average molecular weight is 368 g/mol. The van der Waals surface area contributed by atoms with Crippen LogP contribution in [0.4, 0.5) is 5.69 Å². The van der Waals surface area contributed by atoms with Gasteiger partial charge in [0.1, 0.15) is 5.75 Å². The molecule has 0 saturated carbocycles. The van der Waals surface area contributed by atoms with Gasteiger partial charge in [0.15, 0.2) is 12.7 Å². The fourth-order valence-corrected chi connectivity index (χ4v) is 2.08. The average Bonchev–Trinajstić information content (AvgIpc) is 2.56. The molecule has 0 spiro atoms. The van der Waals surface area contributed by atoms with Crippen LogP contribution in [0.25, 0.3) is 0 Å². The summed E-state index contributed by atoms with van der Waals surface area (Å²) >= 11 is 11.7. The monoisotopic (exact) mass is 367 g/mol. The molecule has 0 radical (unpaired) electrons. The van der Waals surface area contributed by atoms with Crippen LogP contribution in [0.5, 0.6) is 5.75 Å². The molecule has 0 aliphatic rings. The van der Waals surface area contributed by atoms with Gasteiger partial charge >= 0.3 is 5.97 Å². The lowest BCUT2D eigenvalue weighted by Gasteiger charge is -2.14. The number of carbonyl (C=O) groups is 2. The topological polar surface area (TPSA) is 64.6 Å². The normalized spacial score (nSPS) is 11.5. The lowest BCUT2D eigenvalue weighted by molar-refractivity contribution is -0.155. The fourth-order valence-electron chi connectivity index (χ4n) is 1.76. The summed E-state index contributed by atoms with van der Waals surface area (Å²) in [6.45, 7) is 1.13. The van der Waals surface area contributed by atoms with E-state index in [0.717, 1.165) is 0 Å². The highest BCUT2D eigenvalue weighted by atomic mass is 35.5. The Bertz CT molecular complexity index is 719. The maximum Gasteiger partial charge on any atom is 0.344 e. The second-order valence-electron chi connectivity index (χ2n) is 4.85. The van der Waals surface area contributed by atoms with Crippen LogP contribution in [0.2, 0.25) is 10.0 Å². The number of nitrogens with one attached hydrogen (secondary N) is 1. The Morgan fingerprint density at radius 1 is 1.08 bits per heavy atom. The first-order valence-corrected chi connectivity index (χ1v) is 7.84. The minimum atomic E-state index is -0.969. The van der Waals surface area contributed by atoms with Crippen molar-refractivity contribution in [3.05, 3.63) is 58.6 Å². The molecule has 0 saturated heterocycles. The molecule has 0 bridgehead atoms. The summed E-state index contributed by atoms with van der Waals surface area (Å²) in [6.07, 6.45) is -0.969. The summed E-state index contributed by atoms with van der Waals surface area (Å²) in [5.74, 6) is -0.758. The van der Waals surface area contributed by atoms with Gasteiger partial charge in [0.2, 0.25) is 0 Å². The van der Waals surface area contributed by atoms with Crippen molar-refractivity contribution in [1.82, 2.24) is 0 Å². The maximum atomic E-state index is 12.0. The molecule has 0 aliphatic heterocycles. The number of anilines is 1. The molecule has 126 valence electrons. The predicted octanol–water partition coefficient (Wildman–Crippen LogP) is 3.94. The van der Waals surface area contributed by atoms with Gasteiger partial charge in [-0.3, -0.25) is 4.79 Å². The molecule has 0 heterocycles. The first kappa shape index (κ1) is 18.1. The lowest BCUT2D eigenvalue weighted by Crippen LogP contribution is -2.31. The zero-order chi connectivity index (χ0) is 17.5. The Morgan fingerprint density at radius 3 is 2.42 bits per heavy atom. The quantitative estimate of drug-likeness (QED) is 0.785. The van der Waals surface area contributed by atoms with Crippen molar-refractivity contribution in [1.29, 1.82) is 0 Å². The van der Waals surface area contributed by atoms with Gasteiger partial charge in [-0.2, -0.15) is 0 Å². The third-order valence-corrected chi connectivity index (χ3v) is 3.54. The van der Waals surface area contributed by atoms with Crippen LogP contribution in [0.1, 0.15) is 6.92 Å². The Labute approximate surface area is 149 Å². The summed E-state index contributed by atoms with van der Waals surface area (Å²) in [6, 6.07) is 13.3. The zero-order valence-corrected chi connectivity index (χ0v) is 14.3. The second kappa shape index (κ2) is 8.57. The Morgan fingerprint density at radius 2 is 1.75 bits per heavy atom. The van der Waals surface area contributed by atoms with Crippen molar-refractivity contribution in [3.8, 4) is 5.75 Å². The molecule has 0 aliphatic carbocycles. The first-order chi connectivity index (χ1) is 11.5. The third kappa shape index (κ3) is 5.44. The summed E-state index contributed by atoms with van der Waals surface area (Å²) in [5.41, 5.74) is 0.555. The Kier molecular flexibility index (Phi) is 6.46. The number of ether oxygens (including phenoxy) is 2. The van der Waals surface area contributed by atoms with Crippen LogP contribution in [0.15, 0.2) is 48.5 Å². The molecular weight excluding hydrogens is 353 g/mol. The standard InChI is InChI=1S/C17H15Cl2NO4/c1-11(17(22)20-13-8-6-12(18)7-9-13)24-16(21)10-23-15-5-3-2-4-14(15)19/h2-9,11H,10H2,1H3,(H,20,22)/t11-/m0/s1. The van der Waals surface area contributed by atoms with Crippen molar-refractivity contribution in [2.24, 2.45) is 0 Å². The molecule has 2 rings (SSSR count). The van der Waals surface area contributed by atoms with Crippen LogP contribution in [-0.2, 0) is 14.3 Å². The van der Waals surface area contributed by atoms with Crippen LogP contribution >= 0.6 is 23.2 Å². The van der Waals surface area contributed by atoms with Crippen molar-refractivity contribution in [2.45, 2.75) is 13.0 Å². The number of hydrogen-bond donors (Lipinski definition) is 1. The minimum absolute atomic E-state index is 0.345. The number of carbonyl (C=O) groups excluding carboxylic acids is 2. The summed E-state index contributed by atoms with van der Waals surface area (Å²) in [4.78, 5) is 23.7. The van der Waals surface area contributed by atoms with Gasteiger partial charge in [-0.15, -0.1) is 0 Å². The van der Waals surface area contributed by atoms with Crippen molar-refractivity contribution in [3.63, 3.8) is 0 Å². The molecule has 0 unspecified atom stereocenters. The van der Waals surface area contributed by atoms with E-state index in [1.807, 2.05) is 0 Å². The summed E-state index contributed by atoms with van der Waals surface area (Å²) < 4.78 is 10.3. The highest BCUT2D eigenvalue weighted by Crippen LogP contribution is 2.23. The van der Waals surface area contributed by atoms with Crippen molar-refractivity contribution >= 4 is 40.8 Å². The Balaban J connectivity index is 1.81. The van der Waals surface area contributed by atoms with Crippen LogP contribution in [0.3, 0.4) is 0 Å². The van der Waals surface area contributed by atoms with Crippen molar-refractivity contribution < 1.29 is 19.1 Å². The van der Waals surface area contributed by atoms with Gasteiger partial charge in [-0.05, 0) is 43.3 Å². The van der Waals surface area contributed by atoms with Crippen LogP contribution in [0, 0.1) is 0 Å². The first-order valence-electron chi connectivity index (χ1n) is 7.09. The van der Waals surface area contributed by atoms with Crippen LogP contribution in [-0.4, -0.2) is 24.6 Å². The molecule has 0 fully saturated rings. The summed E-state index contributed by atoms with van der Waals surface area (Å²) in [7, 11) is 0. The van der Waals surface area contributed by atoms with Gasteiger partial charge in [-0.1, -0.05) is 35.3 Å². The highest BCUT2D eigenvalue weighted by molar-refractivity contribution is 6.32. The molecule has 24 heavy (non-hydrogen) atoms. The molecule has 2 aromatic carbocycles. The fraction of sp³-hybridized carbons (Fsp3) is 0.176. The largest absolute Gasteiger partial charge is 0.480 e. The molecule has 0 aromatic heterocycles. The summed E-state index contributed by atoms with van der Waals surface area (Å²) in [5, 5.41) is 3.57. The van der Waals surface area contributed by atoms with E-state index >= 15 is 0 Å². The van der Waals surface area contributed by atoms with E-state index in [1.54, 1.807) is 48.5 Å². The van der Waals surface area contributed by atoms with Gasteiger partial charge < -0.3 is 14.8 Å². The third-order valence-electron chi connectivity index (χ3n) is 2.97. The van der Waals surface area contributed by atoms with E-state index in [0.29, 0.717) is 21.5 Å². The van der Waals surface area contributed by atoms with E-state index in [1.165, 1.54) is 6.92 Å². The number of esters is 1. The second-order valence-corrected chi connectivity index (χ2v) is 5.69. The highest BCUT2D eigenvalue weighted by Gasteiger charge is 2.18. The van der Waals surface area contributed by atoms with E-state index in [4.69, 9.17) is 32.7 Å². The maximum absolute atomic E-state index is 12.0. The number of benzene rings is 2. The van der Waals surface area contributed by atoms with E-state index in [9.17, 15) is 9.59 Å². The van der Waals surface area contributed by atoms with Crippen molar-refractivity contribution in [2.75, 3.05) is 11.9 Å². The SMILES string of the molecule is C[C@H](OC(=O)COc1ccccc1Cl)C(=O)Nc1ccc(Cl)cc1. The number of hydrogen-bond acceptors (Lipinski definition) is 4. The zero-order valence-electron chi connectivity index (χ0n) is 12.8. The van der Waals surface area contributed by atoms with Gasteiger partial charge in [0.25, 0.3) is 5.91 Å². The molecule has 1 amide bonds. The van der Waals surface area contributed by atoms with Gasteiger partial charge in [0.05, 0.1) is 5.02 Å². The smallest absolute Gasteiger partial charge is 0.344 e. The van der Waals surface area contributed by atoms with E-state index in [2.05, 4.69) is 5.32 Å².